The van der Waals surface area contributed by atoms with Crippen molar-refractivity contribution in [3.8, 4) is 34.3 Å². The van der Waals surface area contributed by atoms with E-state index in [0.717, 1.165) is 5.56 Å². The Morgan fingerprint density at radius 2 is 1.74 bits per heavy atom. The second-order valence-corrected chi connectivity index (χ2v) is 8.47. The Kier molecular flexibility index (Phi) is 5.24. The maximum atomic E-state index is 13.1. The van der Waals surface area contributed by atoms with Gasteiger partial charge in [-0.3, -0.25) is 9.59 Å². The Morgan fingerprint density at radius 3 is 2.47 bits per heavy atom. The van der Waals surface area contributed by atoms with Gasteiger partial charge in [-0.2, -0.15) is 0 Å². The largest absolute Gasteiger partial charge is 0.508 e. The monoisotopic (exact) mass is 458 g/mol. The highest BCUT2D eigenvalue weighted by Crippen LogP contribution is 2.47. The molecule has 34 heavy (non-hydrogen) atoms. The highest BCUT2D eigenvalue weighted by molar-refractivity contribution is 5.93. The van der Waals surface area contributed by atoms with Crippen molar-refractivity contribution in [3.05, 3.63) is 82.0 Å². The van der Waals surface area contributed by atoms with Crippen molar-refractivity contribution in [2.24, 2.45) is 0 Å². The van der Waals surface area contributed by atoms with Gasteiger partial charge in [0.05, 0.1) is 12.5 Å². The lowest BCUT2D eigenvalue weighted by Gasteiger charge is -2.27. The van der Waals surface area contributed by atoms with Crippen LogP contribution in [0.3, 0.4) is 0 Å². The van der Waals surface area contributed by atoms with Crippen LogP contribution >= 0.6 is 0 Å². The SMILES string of the molecule is CC(C)Oc1ccccc1C1CC(=O)Oc2cc(O)c3c(=O)cc(-c4ccc(O)cc4)oc3c21. The summed E-state index contributed by atoms with van der Waals surface area (Å²) >= 11 is 0. The summed E-state index contributed by atoms with van der Waals surface area (Å²) in [4.78, 5) is 25.6. The quantitative estimate of drug-likeness (QED) is 0.324. The summed E-state index contributed by atoms with van der Waals surface area (Å²) in [6, 6.07) is 16.2. The second-order valence-electron chi connectivity index (χ2n) is 8.47. The molecule has 1 aliphatic rings. The summed E-state index contributed by atoms with van der Waals surface area (Å²) in [5, 5.41) is 20.2. The normalized spacial score (nSPS) is 15.3. The molecule has 0 amide bonds. The molecule has 0 bridgehead atoms. The molecule has 5 rings (SSSR count). The van der Waals surface area contributed by atoms with E-state index in [4.69, 9.17) is 13.9 Å². The number of para-hydroxylation sites is 1. The van der Waals surface area contributed by atoms with Crippen LogP contribution < -0.4 is 14.9 Å². The van der Waals surface area contributed by atoms with E-state index in [9.17, 15) is 19.8 Å². The van der Waals surface area contributed by atoms with Crippen LogP contribution in [0.15, 0.2) is 69.9 Å². The van der Waals surface area contributed by atoms with Crippen LogP contribution in [0.2, 0.25) is 0 Å². The van der Waals surface area contributed by atoms with Crippen LogP contribution in [0.4, 0.5) is 0 Å². The summed E-state index contributed by atoms with van der Waals surface area (Å²) < 4.78 is 17.6. The Labute approximate surface area is 194 Å². The number of esters is 1. The van der Waals surface area contributed by atoms with E-state index in [2.05, 4.69) is 0 Å². The molecule has 2 heterocycles. The topological polar surface area (TPSA) is 106 Å². The van der Waals surface area contributed by atoms with Crippen LogP contribution in [0.1, 0.15) is 37.3 Å². The number of benzene rings is 3. The molecule has 1 aliphatic heterocycles. The van der Waals surface area contributed by atoms with E-state index in [1.165, 1.54) is 24.3 Å². The average molecular weight is 458 g/mol. The third-order valence-corrected chi connectivity index (χ3v) is 5.73. The zero-order valence-electron chi connectivity index (χ0n) is 18.6. The highest BCUT2D eigenvalue weighted by atomic mass is 16.5. The first kappa shape index (κ1) is 21.6. The molecule has 7 heteroatoms. The molecule has 1 atom stereocenters. The van der Waals surface area contributed by atoms with Crippen molar-refractivity contribution in [2.45, 2.75) is 32.3 Å². The Morgan fingerprint density at radius 1 is 1.00 bits per heavy atom. The van der Waals surface area contributed by atoms with Crippen molar-refractivity contribution in [1.29, 1.82) is 0 Å². The van der Waals surface area contributed by atoms with E-state index < -0.39 is 17.3 Å². The summed E-state index contributed by atoms with van der Waals surface area (Å²) in [5.74, 6) is -0.235. The van der Waals surface area contributed by atoms with E-state index >= 15 is 0 Å². The third-order valence-electron chi connectivity index (χ3n) is 5.73. The van der Waals surface area contributed by atoms with Crippen molar-refractivity contribution < 1.29 is 28.9 Å². The Hall–Kier alpha value is -4.26. The number of fused-ring (bicyclic) bond motifs is 3. The minimum absolute atomic E-state index is 0.00601. The summed E-state index contributed by atoms with van der Waals surface area (Å²) in [7, 11) is 0. The number of aromatic hydroxyl groups is 2. The molecule has 4 aromatic rings. The first-order valence-corrected chi connectivity index (χ1v) is 10.9. The molecule has 0 saturated heterocycles. The minimum atomic E-state index is -0.521. The van der Waals surface area contributed by atoms with Gasteiger partial charge in [0, 0.05) is 34.7 Å². The predicted octanol–water partition coefficient (Wildman–Crippen LogP) is 5.10. The van der Waals surface area contributed by atoms with Gasteiger partial charge in [0.15, 0.2) is 5.43 Å². The fourth-order valence-electron chi connectivity index (χ4n) is 4.32. The number of ether oxygens (including phenoxy) is 2. The van der Waals surface area contributed by atoms with Gasteiger partial charge in [-0.15, -0.1) is 0 Å². The van der Waals surface area contributed by atoms with Gasteiger partial charge < -0.3 is 24.1 Å². The lowest BCUT2D eigenvalue weighted by Crippen LogP contribution is -2.22. The number of carbonyl (C=O) groups is 1. The molecule has 0 saturated carbocycles. The van der Waals surface area contributed by atoms with Crippen LogP contribution in [-0.2, 0) is 4.79 Å². The molecule has 0 aliphatic carbocycles. The first-order chi connectivity index (χ1) is 16.3. The maximum absolute atomic E-state index is 13.1. The van der Waals surface area contributed by atoms with Gasteiger partial charge in [0.2, 0.25) is 0 Å². The van der Waals surface area contributed by atoms with Crippen LogP contribution in [0.5, 0.6) is 23.0 Å². The molecule has 0 radical (unpaired) electrons. The van der Waals surface area contributed by atoms with Gasteiger partial charge in [0.25, 0.3) is 0 Å². The summed E-state index contributed by atoms with van der Waals surface area (Å²) in [6.07, 6.45) is -0.0786. The maximum Gasteiger partial charge on any atom is 0.312 e. The number of phenols is 2. The minimum Gasteiger partial charge on any atom is -0.508 e. The van der Waals surface area contributed by atoms with Gasteiger partial charge in [-0.25, -0.2) is 0 Å². The van der Waals surface area contributed by atoms with E-state index in [1.807, 2.05) is 38.1 Å². The van der Waals surface area contributed by atoms with Crippen molar-refractivity contribution in [3.63, 3.8) is 0 Å². The summed E-state index contributed by atoms with van der Waals surface area (Å²) in [5.41, 5.74) is 1.51. The van der Waals surface area contributed by atoms with E-state index in [0.29, 0.717) is 16.9 Å². The lowest BCUT2D eigenvalue weighted by molar-refractivity contribution is -0.135. The smallest absolute Gasteiger partial charge is 0.312 e. The van der Waals surface area contributed by atoms with Crippen molar-refractivity contribution >= 4 is 16.9 Å². The number of hydrogen-bond donors (Lipinski definition) is 2. The fourth-order valence-corrected chi connectivity index (χ4v) is 4.32. The number of phenolic OH excluding ortho intramolecular Hbond substituents is 2. The van der Waals surface area contributed by atoms with Gasteiger partial charge in [0.1, 0.15) is 39.7 Å². The molecule has 2 N–H and O–H groups in total. The van der Waals surface area contributed by atoms with Crippen LogP contribution in [-0.4, -0.2) is 22.3 Å². The molecular formula is C27H22O7. The van der Waals surface area contributed by atoms with E-state index in [1.54, 1.807) is 12.1 Å². The molecule has 172 valence electrons. The second kappa shape index (κ2) is 8.26. The van der Waals surface area contributed by atoms with Gasteiger partial charge >= 0.3 is 5.97 Å². The van der Waals surface area contributed by atoms with Crippen LogP contribution in [0, 0.1) is 0 Å². The number of carbonyl (C=O) groups excluding carboxylic acids is 1. The predicted molar refractivity (Wildman–Crippen MR) is 126 cm³/mol. The molecule has 7 nitrogen and oxygen atoms in total. The van der Waals surface area contributed by atoms with Crippen LogP contribution in [0.25, 0.3) is 22.3 Å². The number of rotatable bonds is 4. The Balaban J connectivity index is 1.80. The molecule has 3 aromatic carbocycles. The van der Waals surface area contributed by atoms with Gasteiger partial charge in [-0.05, 0) is 44.2 Å². The van der Waals surface area contributed by atoms with Crippen molar-refractivity contribution in [1.82, 2.24) is 0 Å². The fraction of sp³-hybridized carbons (Fsp3) is 0.185. The average Bonchev–Trinajstić information content (AvgIpc) is 2.78. The summed E-state index contributed by atoms with van der Waals surface area (Å²) in [6.45, 7) is 3.83. The zero-order valence-corrected chi connectivity index (χ0v) is 18.6. The lowest BCUT2D eigenvalue weighted by atomic mass is 9.84. The molecule has 1 unspecified atom stereocenters. The highest BCUT2D eigenvalue weighted by Gasteiger charge is 2.35. The standard InChI is InChI=1S/C27H22O7/c1-14(2)32-21-6-4-3-5-17(21)18-11-24(31)33-23-13-20(30)26-19(29)12-22(34-27(26)25(18)23)15-7-9-16(28)10-8-15/h3-10,12-14,18,28,30H,11H2,1-2H3. The number of hydrogen-bond acceptors (Lipinski definition) is 7. The molecule has 0 spiro atoms. The van der Waals surface area contributed by atoms with Gasteiger partial charge in [-0.1, -0.05) is 18.2 Å². The molecular weight excluding hydrogens is 436 g/mol. The molecule has 0 fully saturated rings. The molecule has 1 aromatic heterocycles. The van der Waals surface area contributed by atoms with Crippen molar-refractivity contribution in [2.75, 3.05) is 0 Å². The Bertz CT molecular complexity index is 1470. The first-order valence-electron chi connectivity index (χ1n) is 10.9. The van der Waals surface area contributed by atoms with E-state index in [-0.39, 0.29) is 46.5 Å². The third kappa shape index (κ3) is 3.75. The zero-order chi connectivity index (χ0) is 24.0.